The molecule has 0 unspecified atom stereocenters. The molecule has 0 bridgehead atoms. The van der Waals surface area contributed by atoms with E-state index >= 15 is 0 Å². The van der Waals surface area contributed by atoms with E-state index < -0.39 is 22.0 Å². The van der Waals surface area contributed by atoms with Crippen molar-refractivity contribution in [2.24, 2.45) is 0 Å². The molecule has 0 aliphatic rings. The summed E-state index contributed by atoms with van der Waals surface area (Å²) in [7, 11) is -4.02. The summed E-state index contributed by atoms with van der Waals surface area (Å²) in [5.41, 5.74) is 5.03. The molecule has 5 rings (SSSR count). The number of benzene rings is 4. The first kappa shape index (κ1) is 30.5. The third-order valence-electron chi connectivity index (χ3n) is 7.16. The van der Waals surface area contributed by atoms with Crippen molar-refractivity contribution < 1.29 is 22.7 Å². The number of nitrogens with one attached hydrogen (secondary N) is 2. The average Bonchev–Trinajstić information content (AvgIpc) is 3.36. The molecule has 0 atom stereocenters. The van der Waals surface area contributed by atoms with Crippen molar-refractivity contribution in [2.45, 2.75) is 44.6 Å². The second-order valence-corrected chi connectivity index (χ2v) is 11.9. The predicted molar refractivity (Wildman–Crippen MR) is 171 cm³/mol. The molecule has 2 amide bonds. The van der Waals surface area contributed by atoms with Crippen LogP contribution in [0.3, 0.4) is 0 Å². The van der Waals surface area contributed by atoms with E-state index in [-0.39, 0.29) is 17.1 Å². The molecule has 0 radical (unpaired) electrons. The highest BCUT2D eigenvalue weighted by Crippen LogP contribution is 2.27. The molecule has 226 valence electrons. The molecule has 0 fully saturated rings. The summed E-state index contributed by atoms with van der Waals surface area (Å²) in [6.07, 6.45) is 2.34. The number of carbonyl (C=O) groups excluding carboxylic acids is 2. The number of aromatic nitrogens is 2. The van der Waals surface area contributed by atoms with Crippen molar-refractivity contribution in [3.8, 4) is 11.1 Å². The Bertz CT molecular complexity index is 1880. The van der Waals surface area contributed by atoms with E-state index in [1.54, 1.807) is 43.3 Å². The lowest BCUT2D eigenvalue weighted by molar-refractivity contribution is 0.0982. The van der Waals surface area contributed by atoms with Crippen molar-refractivity contribution in [1.82, 2.24) is 14.3 Å². The number of hydrogen-bond acceptors (Lipinski definition) is 6. The third-order valence-corrected chi connectivity index (χ3v) is 8.51. The van der Waals surface area contributed by atoms with E-state index in [9.17, 15) is 18.0 Å². The second kappa shape index (κ2) is 13.6. The van der Waals surface area contributed by atoms with Gasteiger partial charge in [0.15, 0.2) is 0 Å². The molecule has 5 aromatic rings. The van der Waals surface area contributed by atoms with Gasteiger partial charge in [-0.3, -0.25) is 10.1 Å². The summed E-state index contributed by atoms with van der Waals surface area (Å²) >= 11 is 0. The molecule has 0 aliphatic heterocycles. The van der Waals surface area contributed by atoms with Gasteiger partial charge in [0.2, 0.25) is 0 Å². The van der Waals surface area contributed by atoms with Crippen molar-refractivity contribution in [2.75, 3.05) is 11.9 Å². The molecule has 0 saturated carbocycles. The van der Waals surface area contributed by atoms with Crippen LogP contribution in [-0.2, 0) is 27.7 Å². The maximum atomic E-state index is 13.2. The largest absolute Gasteiger partial charge is 0.450 e. The van der Waals surface area contributed by atoms with Gasteiger partial charge in [-0.05, 0) is 66.4 Å². The summed E-state index contributed by atoms with van der Waals surface area (Å²) in [6.45, 7) is 4.73. The summed E-state index contributed by atoms with van der Waals surface area (Å²) in [5, 5.41) is 2.77. The average molecular weight is 611 g/mol. The molecule has 1 heterocycles. The van der Waals surface area contributed by atoms with Crippen molar-refractivity contribution in [1.29, 1.82) is 0 Å². The maximum Gasteiger partial charge on any atom is 0.411 e. The number of aryl methyl sites for hydroxylation is 1. The number of ether oxygens (including phenoxy) is 1. The number of sulfonamides is 1. The minimum Gasteiger partial charge on any atom is -0.450 e. The van der Waals surface area contributed by atoms with Crippen LogP contribution < -0.4 is 10.0 Å². The van der Waals surface area contributed by atoms with Crippen LogP contribution in [0.25, 0.3) is 22.2 Å². The zero-order valence-electron chi connectivity index (χ0n) is 24.6. The first-order valence-corrected chi connectivity index (χ1v) is 16.0. The number of rotatable bonds is 11. The normalized spacial score (nSPS) is 11.3. The fraction of sp³-hybridized carbons (Fsp3) is 0.206. The number of nitrogens with zero attached hydrogens (tertiary/aromatic N) is 2. The van der Waals surface area contributed by atoms with E-state index in [2.05, 4.69) is 21.5 Å². The smallest absolute Gasteiger partial charge is 0.411 e. The third kappa shape index (κ3) is 6.98. The number of imidazole rings is 1. The molecule has 4 aromatic carbocycles. The van der Waals surface area contributed by atoms with Crippen LogP contribution in [0.5, 0.6) is 0 Å². The van der Waals surface area contributed by atoms with Crippen LogP contribution >= 0.6 is 0 Å². The van der Waals surface area contributed by atoms with Crippen LogP contribution in [0.2, 0.25) is 0 Å². The van der Waals surface area contributed by atoms with Gasteiger partial charge in [0.1, 0.15) is 5.82 Å². The van der Waals surface area contributed by atoms with Crippen molar-refractivity contribution >= 4 is 38.7 Å². The molecule has 2 N–H and O–H groups in total. The lowest BCUT2D eigenvalue weighted by atomic mass is 9.98. The highest BCUT2D eigenvalue weighted by Gasteiger charge is 2.21. The van der Waals surface area contributed by atoms with Gasteiger partial charge in [0, 0.05) is 24.2 Å². The summed E-state index contributed by atoms with van der Waals surface area (Å²) in [6, 6.07) is 28.1. The van der Waals surface area contributed by atoms with Gasteiger partial charge in [0.05, 0.1) is 22.5 Å². The van der Waals surface area contributed by atoms with E-state index in [0.717, 1.165) is 47.2 Å². The Hall–Kier alpha value is -4.96. The molecule has 0 aliphatic carbocycles. The van der Waals surface area contributed by atoms with Crippen molar-refractivity contribution in [3.05, 3.63) is 114 Å². The van der Waals surface area contributed by atoms with E-state index in [1.165, 1.54) is 12.1 Å². The number of amides is 2. The molecular formula is C34H34N4O5S. The Morgan fingerprint density at radius 1 is 0.886 bits per heavy atom. The molecule has 9 nitrogen and oxygen atoms in total. The standard InChI is InChI=1S/C34H34N4O5S/c1-3-5-15-32-36-30-21-20-26(35-34(40)43-4-2)22-31(30)38(32)23-24-16-18-25(19-17-24)28-13-9-10-14-29(28)33(39)37-44(41,42)27-11-7-6-8-12-27/h6-14,16-22H,3-5,15,23H2,1-2H3,(H,35,40)(H,37,39). The molecule has 0 spiro atoms. The quantitative estimate of drug-likeness (QED) is 0.170. The minimum absolute atomic E-state index is 0.0179. The number of fused-ring (bicyclic) bond motifs is 1. The topological polar surface area (TPSA) is 119 Å². The van der Waals surface area contributed by atoms with Crippen LogP contribution in [0.4, 0.5) is 10.5 Å². The van der Waals surface area contributed by atoms with Crippen LogP contribution in [0.15, 0.2) is 102 Å². The zero-order valence-corrected chi connectivity index (χ0v) is 25.4. The Labute approximate surface area is 257 Å². The Morgan fingerprint density at radius 2 is 1.61 bits per heavy atom. The van der Waals surface area contributed by atoms with Gasteiger partial charge < -0.3 is 9.30 Å². The van der Waals surface area contributed by atoms with Gasteiger partial charge in [-0.25, -0.2) is 22.9 Å². The van der Waals surface area contributed by atoms with Gasteiger partial charge in [0.25, 0.3) is 15.9 Å². The van der Waals surface area contributed by atoms with E-state index in [1.807, 2.05) is 48.5 Å². The summed E-state index contributed by atoms with van der Waals surface area (Å²) in [5.74, 6) is 0.257. The number of carbonyl (C=O) groups is 2. The highest BCUT2D eigenvalue weighted by molar-refractivity contribution is 7.90. The van der Waals surface area contributed by atoms with Crippen molar-refractivity contribution in [3.63, 3.8) is 0 Å². The number of hydrogen-bond donors (Lipinski definition) is 2. The van der Waals surface area contributed by atoms with Crippen LogP contribution in [0.1, 0.15) is 48.4 Å². The minimum atomic E-state index is -4.02. The zero-order chi connectivity index (χ0) is 31.1. The van der Waals surface area contributed by atoms with E-state index in [0.29, 0.717) is 17.8 Å². The predicted octanol–water partition coefficient (Wildman–Crippen LogP) is 6.78. The Balaban J connectivity index is 1.41. The number of anilines is 1. The van der Waals surface area contributed by atoms with Crippen LogP contribution in [-0.4, -0.2) is 36.6 Å². The number of unbranched alkanes of at least 4 members (excludes halogenated alkanes) is 1. The maximum absolute atomic E-state index is 13.2. The first-order valence-electron chi connectivity index (χ1n) is 14.5. The summed E-state index contributed by atoms with van der Waals surface area (Å²) in [4.78, 5) is 30.1. The molecular weight excluding hydrogens is 576 g/mol. The second-order valence-electron chi connectivity index (χ2n) is 10.3. The highest BCUT2D eigenvalue weighted by atomic mass is 32.2. The van der Waals surface area contributed by atoms with E-state index in [4.69, 9.17) is 9.72 Å². The lowest BCUT2D eigenvalue weighted by Gasteiger charge is -2.13. The molecule has 0 saturated heterocycles. The van der Waals surface area contributed by atoms with Crippen LogP contribution in [0, 0.1) is 0 Å². The van der Waals surface area contributed by atoms with Gasteiger partial charge in [-0.2, -0.15) is 0 Å². The monoisotopic (exact) mass is 610 g/mol. The Morgan fingerprint density at radius 3 is 2.34 bits per heavy atom. The fourth-order valence-electron chi connectivity index (χ4n) is 4.98. The lowest BCUT2D eigenvalue weighted by Crippen LogP contribution is -2.30. The van der Waals surface area contributed by atoms with Gasteiger partial charge in [-0.15, -0.1) is 0 Å². The molecule has 44 heavy (non-hydrogen) atoms. The first-order chi connectivity index (χ1) is 21.3. The van der Waals surface area contributed by atoms with Gasteiger partial charge >= 0.3 is 6.09 Å². The molecule has 10 heteroatoms. The fourth-order valence-corrected chi connectivity index (χ4v) is 5.97. The SMILES string of the molecule is CCCCc1nc2ccc(NC(=O)OCC)cc2n1Cc1ccc(-c2ccccc2C(=O)NS(=O)(=O)c2ccccc2)cc1. The molecule has 1 aromatic heterocycles. The van der Waals surface area contributed by atoms with Gasteiger partial charge in [-0.1, -0.05) is 74.0 Å². The Kier molecular flexibility index (Phi) is 9.40. The summed E-state index contributed by atoms with van der Waals surface area (Å²) < 4.78 is 34.9.